The average molecular weight is 449 g/mol. The van der Waals surface area contributed by atoms with E-state index in [9.17, 15) is 4.79 Å². The van der Waals surface area contributed by atoms with Gasteiger partial charge in [0, 0.05) is 55.2 Å². The van der Waals surface area contributed by atoms with Crippen molar-refractivity contribution in [2.75, 3.05) is 30.7 Å². The van der Waals surface area contributed by atoms with Crippen molar-refractivity contribution in [3.63, 3.8) is 0 Å². The molecule has 1 aliphatic heterocycles. The van der Waals surface area contributed by atoms with Gasteiger partial charge in [0.25, 0.3) is 0 Å². The first-order chi connectivity index (χ1) is 16.0. The highest BCUT2D eigenvalue weighted by Crippen LogP contribution is 2.39. The van der Waals surface area contributed by atoms with Gasteiger partial charge in [0.05, 0.1) is 5.39 Å². The molecule has 1 saturated heterocycles. The Labute approximate surface area is 193 Å². The molecule has 0 unspecified atom stereocenters. The maximum Gasteiger partial charge on any atom is 0.316 e. The largest absolute Gasteiger partial charge is 0.383 e. The number of carbonyl (C=O) groups excluding carboxylic acids is 1. The third-order valence-corrected chi connectivity index (χ3v) is 7.08. The Balaban J connectivity index is 1.41. The van der Waals surface area contributed by atoms with Crippen molar-refractivity contribution in [1.29, 1.82) is 0 Å². The summed E-state index contributed by atoms with van der Waals surface area (Å²) < 4.78 is 2.30. The van der Waals surface area contributed by atoms with Gasteiger partial charge in [-0.2, -0.15) is 0 Å². The normalized spacial score (nSPS) is 24.1. The number of anilines is 2. The van der Waals surface area contributed by atoms with Crippen LogP contribution >= 0.6 is 0 Å². The van der Waals surface area contributed by atoms with Crippen LogP contribution < -0.4 is 22.1 Å². The molecule has 5 rings (SSSR count). The number of rotatable bonds is 4. The topological polar surface area (TPSA) is 127 Å². The van der Waals surface area contributed by atoms with Crippen molar-refractivity contribution < 1.29 is 4.79 Å². The van der Waals surface area contributed by atoms with Crippen molar-refractivity contribution in [1.82, 2.24) is 24.8 Å². The zero-order valence-corrected chi connectivity index (χ0v) is 19.0. The van der Waals surface area contributed by atoms with Gasteiger partial charge in [-0.1, -0.05) is 12.1 Å². The lowest BCUT2D eigenvalue weighted by Crippen LogP contribution is -2.53. The molecule has 0 spiro atoms. The minimum Gasteiger partial charge on any atom is -0.383 e. The van der Waals surface area contributed by atoms with E-state index in [1.807, 2.05) is 24.3 Å². The maximum absolute atomic E-state index is 11.1. The van der Waals surface area contributed by atoms with Gasteiger partial charge >= 0.3 is 6.03 Å². The Kier molecular flexibility index (Phi) is 5.90. The molecule has 33 heavy (non-hydrogen) atoms. The van der Waals surface area contributed by atoms with E-state index < -0.39 is 6.03 Å². The van der Waals surface area contributed by atoms with Crippen LogP contribution in [0.25, 0.3) is 22.2 Å². The molecule has 2 aromatic heterocycles. The van der Waals surface area contributed by atoms with Crippen LogP contribution in [0.4, 0.5) is 16.3 Å². The molecular formula is C24H32N8O. The van der Waals surface area contributed by atoms with Crippen LogP contribution in [0.3, 0.4) is 0 Å². The fraction of sp³-hybridized carbons (Fsp3) is 0.458. The Morgan fingerprint density at radius 2 is 1.85 bits per heavy atom. The van der Waals surface area contributed by atoms with E-state index in [2.05, 4.69) is 43.2 Å². The van der Waals surface area contributed by atoms with Crippen LogP contribution in [0.2, 0.25) is 0 Å². The highest BCUT2D eigenvalue weighted by atomic mass is 16.2. The zero-order valence-electron chi connectivity index (χ0n) is 19.0. The number of urea groups is 1. The quantitative estimate of drug-likeness (QED) is 0.486. The Hall–Kier alpha value is -3.17. The molecule has 1 atom stereocenters. The van der Waals surface area contributed by atoms with E-state index in [-0.39, 0.29) is 0 Å². The molecule has 1 aromatic carbocycles. The summed E-state index contributed by atoms with van der Waals surface area (Å²) in [4.78, 5) is 22.7. The van der Waals surface area contributed by atoms with E-state index in [0.717, 1.165) is 54.6 Å². The van der Waals surface area contributed by atoms with Crippen LogP contribution in [0, 0.1) is 0 Å². The van der Waals surface area contributed by atoms with Crippen LogP contribution in [0.5, 0.6) is 0 Å². The number of hydrogen-bond donors (Lipinski definition) is 4. The fourth-order valence-electron chi connectivity index (χ4n) is 5.48. The molecule has 0 radical (unpaired) electrons. The first kappa shape index (κ1) is 21.7. The fourth-order valence-corrected chi connectivity index (χ4v) is 5.48. The number of nitrogens with zero attached hydrogens (tertiary/aromatic N) is 4. The highest BCUT2D eigenvalue weighted by Gasteiger charge is 2.30. The van der Waals surface area contributed by atoms with Crippen molar-refractivity contribution in [2.24, 2.45) is 5.73 Å². The summed E-state index contributed by atoms with van der Waals surface area (Å²) in [6.07, 6.45) is 8.35. The second kappa shape index (κ2) is 8.99. The van der Waals surface area contributed by atoms with Crippen LogP contribution in [-0.4, -0.2) is 57.2 Å². The monoisotopic (exact) mass is 448 g/mol. The summed E-state index contributed by atoms with van der Waals surface area (Å²) in [6.45, 7) is 5.62. The van der Waals surface area contributed by atoms with Gasteiger partial charge in [-0.25, -0.2) is 14.8 Å². The Bertz CT molecular complexity index is 1130. The third-order valence-electron chi connectivity index (χ3n) is 7.08. The minimum absolute atomic E-state index is 0.392. The van der Waals surface area contributed by atoms with Crippen LogP contribution in [0.15, 0.2) is 36.8 Å². The van der Waals surface area contributed by atoms with E-state index in [0.29, 0.717) is 29.6 Å². The number of amides is 2. The molecular weight excluding hydrogens is 416 g/mol. The molecule has 1 saturated carbocycles. The van der Waals surface area contributed by atoms with E-state index >= 15 is 0 Å². The van der Waals surface area contributed by atoms with E-state index in [1.165, 1.54) is 12.8 Å². The van der Waals surface area contributed by atoms with Gasteiger partial charge < -0.3 is 26.7 Å². The predicted octanol–water partition coefficient (Wildman–Crippen LogP) is 2.95. The molecule has 9 heteroatoms. The van der Waals surface area contributed by atoms with E-state index in [4.69, 9.17) is 11.5 Å². The van der Waals surface area contributed by atoms with Crippen LogP contribution in [-0.2, 0) is 0 Å². The van der Waals surface area contributed by atoms with Gasteiger partial charge in [0.2, 0.25) is 0 Å². The van der Waals surface area contributed by atoms with Crippen molar-refractivity contribution in [3.8, 4) is 11.1 Å². The third kappa shape index (κ3) is 4.38. The first-order valence-corrected chi connectivity index (χ1v) is 11.7. The number of nitrogens with one attached hydrogen (secondary N) is 2. The molecule has 0 bridgehead atoms. The number of fused-ring (bicyclic) bond motifs is 1. The van der Waals surface area contributed by atoms with Gasteiger partial charge in [-0.3, -0.25) is 4.90 Å². The number of benzene rings is 1. The highest BCUT2D eigenvalue weighted by molar-refractivity contribution is 6.01. The Morgan fingerprint density at radius 1 is 1.12 bits per heavy atom. The van der Waals surface area contributed by atoms with Crippen molar-refractivity contribution >= 4 is 28.6 Å². The molecule has 174 valence electrons. The van der Waals surface area contributed by atoms with Gasteiger partial charge in [0.15, 0.2) is 0 Å². The molecule has 9 nitrogen and oxygen atoms in total. The minimum atomic E-state index is -0.581. The van der Waals surface area contributed by atoms with Gasteiger partial charge in [0.1, 0.15) is 17.8 Å². The van der Waals surface area contributed by atoms with E-state index in [1.54, 1.807) is 6.33 Å². The summed E-state index contributed by atoms with van der Waals surface area (Å²) in [7, 11) is 0. The number of aromatic nitrogens is 3. The SMILES string of the molecule is C[C@H]1CN([C@H]2CC[C@H](n3cc(-c4ccc(NC(N)=O)cc4)c4c(N)ncnc43)CC2)CCN1. The smallest absolute Gasteiger partial charge is 0.316 e. The molecule has 1 aliphatic carbocycles. The predicted molar refractivity (Wildman–Crippen MR) is 131 cm³/mol. The maximum atomic E-state index is 11.1. The van der Waals surface area contributed by atoms with Crippen molar-refractivity contribution in [3.05, 3.63) is 36.8 Å². The lowest BCUT2D eigenvalue weighted by atomic mass is 9.89. The summed E-state index contributed by atoms with van der Waals surface area (Å²) in [5.74, 6) is 0.483. The second-order valence-corrected chi connectivity index (χ2v) is 9.29. The number of nitrogens with two attached hydrogens (primary N) is 2. The van der Waals surface area contributed by atoms with Gasteiger partial charge in [-0.05, 0) is 50.3 Å². The number of hydrogen-bond acceptors (Lipinski definition) is 6. The van der Waals surface area contributed by atoms with Crippen LogP contribution in [0.1, 0.15) is 38.6 Å². The number of piperazine rings is 1. The van der Waals surface area contributed by atoms with Gasteiger partial charge in [-0.15, -0.1) is 0 Å². The molecule has 3 heterocycles. The lowest BCUT2D eigenvalue weighted by molar-refractivity contribution is 0.107. The summed E-state index contributed by atoms with van der Waals surface area (Å²) >= 11 is 0. The number of nitrogen functional groups attached to an aromatic ring is 1. The molecule has 2 fully saturated rings. The summed E-state index contributed by atoms with van der Waals surface area (Å²) in [6, 6.07) is 8.63. The number of primary amides is 1. The first-order valence-electron chi connectivity index (χ1n) is 11.7. The summed E-state index contributed by atoms with van der Waals surface area (Å²) in [5.41, 5.74) is 15.1. The molecule has 2 aliphatic rings. The van der Waals surface area contributed by atoms with Crippen molar-refractivity contribution in [2.45, 2.75) is 50.7 Å². The average Bonchev–Trinajstić information content (AvgIpc) is 3.20. The summed E-state index contributed by atoms with van der Waals surface area (Å²) in [5, 5.41) is 7.02. The zero-order chi connectivity index (χ0) is 22.9. The standard InChI is InChI=1S/C24H32N8O/c1-15-12-31(11-10-27-15)18-6-8-19(9-7-18)32-13-20(21-22(25)28-14-29-23(21)32)16-2-4-17(5-3-16)30-24(26)33/h2-5,13-15,18-19,27H,6-12H2,1H3,(H2,25,28,29)(H3,26,30,33)/t15-,18-,19-/m0/s1. The lowest BCUT2D eigenvalue weighted by Gasteiger charge is -2.41. The molecule has 6 N–H and O–H groups in total. The molecule has 2 amide bonds. The number of carbonyl (C=O) groups is 1. The molecule has 3 aromatic rings. The second-order valence-electron chi connectivity index (χ2n) is 9.29. The Morgan fingerprint density at radius 3 is 2.55 bits per heavy atom.